The van der Waals surface area contributed by atoms with Gasteiger partial charge in [-0.25, -0.2) is 0 Å². The van der Waals surface area contributed by atoms with Crippen LogP contribution < -0.4 is 0 Å². The minimum absolute atomic E-state index is 0.339. The lowest BCUT2D eigenvalue weighted by molar-refractivity contribution is 0.0367. The maximum Gasteiger partial charge on any atom is 0.0125 e. The van der Waals surface area contributed by atoms with Gasteiger partial charge in [-0.2, -0.15) is 0 Å². The van der Waals surface area contributed by atoms with Crippen molar-refractivity contribution in [1.29, 1.82) is 0 Å². The predicted molar refractivity (Wildman–Crippen MR) is 120 cm³/mol. The highest BCUT2D eigenvalue weighted by atomic mass is 15.2. The highest BCUT2D eigenvalue weighted by molar-refractivity contribution is 4.89. The zero-order chi connectivity index (χ0) is 20.5. The van der Waals surface area contributed by atoms with E-state index < -0.39 is 0 Å². The lowest BCUT2D eigenvalue weighted by Crippen LogP contribution is -2.48. The van der Waals surface area contributed by atoms with Crippen molar-refractivity contribution in [2.75, 3.05) is 26.2 Å². The van der Waals surface area contributed by atoms with Gasteiger partial charge in [-0.3, -0.25) is 9.80 Å². The van der Waals surface area contributed by atoms with Crippen LogP contribution in [0.5, 0.6) is 0 Å². The van der Waals surface area contributed by atoms with Gasteiger partial charge in [-0.1, -0.05) is 20.8 Å². The summed E-state index contributed by atoms with van der Waals surface area (Å²) in [6, 6.07) is 0. The first-order valence-corrected chi connectivity index (χ1v) is 11.8. The fraction of sp³-hybridized carbons (Fsp3) is 1.00. The van der Waals surface area contributed by atoms with Gasteiger partial charge < -0.3 is 0 Å². The number of piperidine rings is 2. The van der Waals surface area contributed by atoms with Gasteiger partial charge in [-0.15, -0.1) is 0 Å². The molecule has 0 saturated carbocycles. The highest BCUT2D eigenvalue weighted by Crippen LogP contribution is 2.42. The van der Waals surface area contributed by atoms with Crippen molar-refractivity contribution in [3.8, 4) is 0 Å². The Kier molecular flexibility index (Phi) is 7.51. The number of likely N-dealkylation sites (tertiary alicyclic amines) is 2. The molecule has 2 saturated heterocycles. The molecular weight excluding hydrogens is 328 g/mol. The van der Waals surface area contributed by atoms with E-state index in [1.165, 1.54) is 64.7 Å². The molecule has 0 bridgehead atoms. The van der Waals surface area contributed by atoms with Crippen molar-refractivity contribution < 1.29 is 0 Å². The summed E-state index contributed by atoms with van der Waals surface area (Å²) in [7, 11) is 0. The first kappa shape index (κ1) is 23.2. The summed E-state index contributed by atoms with van der Waals surface area (Å²) in [6.45, 7) is 27.0. The molecule has 160 valence electrons. The largest absolute Gasteiger partial charge is 0.298 e. The normalized spacial score (nSPS) is 24.3. The van der Waals surface area contributed by atoms with Crippen molar-refractivity contribution in [3.63, 3.8) is 0 Å². The highest BCUT2D eigenvalue weighted by Gasteiger charge is 2.36. The summed E-state index contributed by atoms with van der Waals surface area (Å²) in [5.74, 6) is 2.74. The summed E-state index contributed by atoms with van der Waals surface area (Å²) in [5, 5.41) is 0. The van der Waals surface area contributed by atoms with Crippen LogP contribution in [0.15, 0.2) is 0 Å². The van der Waals surface area contributed by atoms with E-state index in [0.29, 0.717) is 16.5 Å². The van der Waals surface area contributed by atoms with E-state index in [4.69, 9.17) is 0 Å². The van der Waals surface area contributed by atoms with E-state index >= 15 is 0 Å². The van der Waals surface area contributed by atoms with E-state index in [0.717, 1.165) is 17.8 Å². The summed E-state index contributed by atoms with van der Waals surface area (Å²) in [4.78, 5) is 5.37. The fourth-order valence-corrected chi connectivity index (χ4v) is 5.51. The van der Waals surface area contributed by atoms with Gasteiger partial charge in [0.05, 0.1) is 0 Å². The Balaban J connectivity index is 1.77. The second-order valence-corrected chi connectivity index (χ2v) is 12.4. The van der Waals surface area contributed by atoms with Gasteiger partial charge in [-0.05, 0) is 129 Å². The second kappa shape index (κ2) is 8.74. The zero-order valence-electron chi connectivity index (χ0n) is 20.2. The Hall–Kier alpha value is -0.0800. The molecule has 1 atom stereocenters. The molecule has 2 heteroatoms. The first-order valence-electron chi connectivity index (χ1n) is 11.8. The van der Waals surface area contributed by atoms with Crippen LogP contribution in [0.2, 0.25) is 0 Å². The van der Waals surface area contributed by atoms with Crippen LogP contribution >= 0.6 is 0 Å². The molecule has 0 aromatic carbocycles. The molecule has 2 fully saturated rings. The zero-order valence-corrected chi connectivity index (χ0v) is 20.2. The van der Waals surface area contributed by atoms with Crippen LogP contribution in [-0.4, -0.2) is 47.1 Å². The molecule has 2 aliphatic rings. The average Bonchev–Trinajstić information content (AvgIpc) is 2.58. The quantitative estimate of drug-likeness (QED) is 0.542. The minimum atomic E-state index is 0.339. The standard InChI is InChI=1S/C25H50N2/c1-20(21-11-16-26(17-12-21)23(2,3)4)10-15-25(8,9)22-13-18-27(19-14-22)24(5,6)7/h20-22H,10-19H2,1-9H3. The molecule has 2 rings (SSSR count). The van der Waals surface area contributed by atoms with Crippen LogP contribution in [-0.2, 0) is 0 Å². The molecule has 0 amide bonds. The van der Waals surface area contributed by atoms with Gasteiger partial charge in [0.1, 0.15) is 0 Å². The van der Waals surface area contributed by atoms with E-state index in [9.17, 15) is 0 Å². The van der Waals surface area contributed by atoms with Gasteiger partial charge >= 0.3 is 0 Å². The molecule has 1 unspecified atom stereocenters. The van der Waals surface area contributed by atoms with E-state index in [-0.39, 0.29) is 0 Å². The predicted octanol–water partition coefficient (Wildman–Crippen LogP) is 6.45. The first-order chi connectivity index (χ1) is 12.3. The van der Waals surface area contributed by atoms with E-state index in [1.54, 1.807) is 0 Å². The smallest absolute Gasteiger partial charge is 0.0125 e. The molecule has 0 aliphatic carbocycles. The molecule has 0 N–H and O–H groups in total. The van der Waals surface area contributed by atoms with Gasteiger partial charge in [0, 0.05) is 11.1 Å². The number of hydrogen-bond donors (Lipinski definition) is 0. The Labute approximate surface area is 171 Å². The average molecular weight is 379 g/mol. The fourth-order valence-electron chi connectivity index (χ4n) is 5.51. The molecule has 0 aromatic heterocycles. The molecule has 0 radical (unpaired) electrons. The summed E-state index contributed by atoms with van der Waals surface area (Å²) in [5.41, 5.74) is 1.19. The Morgan fingerprint density at radius 2 is 1.11 bits per heavy atom. The molecule has 0 spiro atoms. The molecular formula is C25H50N2. The Morgan fingerprint density at radius 1 is 0.704 bits per heavy atom. The third-order valence-electron chi connectivity index (χ3n) is 8.09. The maximum atomic E-state index is 2.69. The van der Waals surface area contributed by atoms with Gasteiger partial charge in [0.15, 0.2) is 0 Å². The lowest BCUT2D eigenvalue weighted by Gasteiger charge is -2.46. The third kappa shape index (κ3) is 6.46. The van der Waals surface area contributed by atoms with Crippen molar-refractivity contribution >= 4 is 0 Å². The van der Waals surface area contributed by atoms with Crippen LogP contribution in [0, 0.1) is 23.2 Å². The van der Waals surface area contributed by atoms with Gasteiger partial charge in [0.25, 0.3) is 0 Å². The van der Waals surface area contributed by atoms with E-state index in [1.807, 2.05) is 0 Å². The third-order valence-corrected chi connectivity index (χ3v) is 8.09. The van der Waals surface area contributed by atoms with Crippen molar-refractivity contribution in [3.05, 3.63) is 0 Å². The van der Waals surface area contributed by atoms with Crippen LogP contribution in [0.25, 0.3) is 0 Å². The van der Waals surface area contributed by atoms with Crippen LogP contribution in [0.4, 0.5) is 0 Å². The van der Waals surface area contributed by atoms with E-state index in [2.05, 4.69) is 72.1 Å². The maximum absolute atomic E-state index is 2.69. The minimum Gasteiger partial charge on any atom is -0.298 e. The molecule has 2 nitrogen and oxygen atoms in total. The molecule has 0 aromatic rings. The SMILES string of the molecule is CC(CCC(C)(C)C1CCN(C(C)(C)C)CC1)C1CCN(C(C)(C)C)CC1. The number of nitrogens with zero attached hydrogens (tertiary/aromatic N) is 2. The van der Waals surface area contributed by atoms with Crippen molar-refractivity contribution in [2.24, 2.45) is 23.2 Å². The molecule has 2 aliphatic heterocycles. The molecule has 2 heterocycles. The van der Waals surface area contributed by atoms with Crippen molar-refractivity contribution in [2.45, 2.75) is 112 Å². The lowest BCUT2D eigenvalue weighted by atomic mass is 9.68. The summed E-state index contributed by atoms with van der Waals surface area (Å²) in [6.07, 6.45) is 8.43. The second-order valence-electron chi connectivity index (χ2n) is 12.4. The summed E-state index contributed by atoms with van der Waals surface area (Å²) >= 11 is 0. The monoisotopic (exact) mass is 378 g/mol. The number of hydrogen-bond acceptors (Lipinski definition) is 2. The Bertz CT molecular complexity index is 438. The Morgan fingerprint density at radius 3 is 1.52 bits per heavy atom. The summed E-state index contributed by atoms with van der Waals surface area (Å²) < 4.78 is 0. The van der Waals surface area contributed by atoms with Crippen molar-refractivity contribution in [1.82, 2.24) is 9.80 Å². The topological polar surface area (TPSA) is 6.48 Å². The molecule has 27 heavy (non-hydrogen) atoms. The number of rotatable bonds is 5. The van der Waals surface area contributed by atoms with Crippen LogP contribution in [0.3, 0.4) is 0 Å². The van der Waals surface area contributed by atoms with Gasteiger partial charge in [0.2, 0.25) is 0 Å². The van der Waals surface area contributed by atoms with Crippen LogP contribution in [0.1, 0.15) is 101 Å².